The molecule has 0 fully saturated rings. The van der Waals surface area contributed by atoms with Crippen LogP contribution in [0.5, 0.6) is 0 Å². The second-order valence-corrected chi connectivity index (χ2v) is 2.34. The maximum Gasteiger partial charge on any atom is 0.241 e. The van der Waals surface area contributed by atoms with E-state index in [0.29, 0.717) is 5.92 Å². The van der Waals surface area contributed by atoms with Gasteiger partial charge in [-0.15, -0.1) is 0 Å². The zero-order valence-corrected chi connectivity index (χ0v) is 6.63. The summed E-state index contributed by atoms with van der Waals surface area (Å²) in [4.78, 5) is 10.3. The summed E-state index contributed by atoms with van der Waals surface area (Å²) in [6.07, 6.45) is 5.46. The fourth-order valence-corrected chi connectivity index (χ4v) is 0.792. The van der Waals surface area contributed by atoms with Crippen LogP contribution in [0.15, 0.2) is 12.2 Å². The van der Waals surface area contributed by atoms with E-state index in [1.807, 2.05) is 6.08 Å². The van der Waals surface area contributed by atoms with E-state index in [1.165, 1.54) is 6.08 Å². The molecule has 58 valence electrons. The van der Waals surface area contributed by atoms with E-state index in [2.05, 4.69) is 13.8 Å². The average Bonchev–Trinajstić information content (AvgIpc) is 1.90. The monoisotopic (exact) mass is 141 g/mol. The topological polar surface area (TPSA) is 43.1 Å². The fraction of sp³-hybridized carbons (Fsp3) is 0.625. The average molecular weight is 141 g/mol. The molecule has 10 heavy (non-hydrogen) atoms. The van der Waals surface area contributed by atoms with Crippen LogP contribution in [0.1, 0.15) is 26.7 Å². The minimum atomic E-state index is -0.355. The Hall–Kier alpha value is -0.790. The number of hydrogen-bond acceptors (Lipinski definition) is 1. The van der Waals surface area contributed by atoms with E-state index in [4.69, 9.17) is 5.73 Å². The molecule has 2 heteroatoms. The number of rotatable bonds is 4. The summed E-state index contributed by atoms with van der Waals surface area (Å²) in [6, 6.07) is 0. The van der Waals surface area contributed by atoms with Crippen LogP contribution < -0.4 is 5.73 Å². The van der Waals surface area contributed by atoms with E-state index in [9.17, 15) is 4.79 Å². The van der Waals surface area contributed by atoms with Crippen molar-refractivity contribution >= 4 is 5.91 Å². The molecule has 1 amide bonds. The van der Waals surface area contributed by atoms with Gasteiger partial charge in [-0.05, 0) is 24.8 Å². The quantitative estimate of drug-likeness (QED) is 0.592. The first-order valence-electron chi connectivity index (χ1n) is 3.68. The molecule has 0 heterocycles. The Morgan fingerprint density at radius 2 is 2.00 bits per heavy atom. The third-order valence-electron chi connectivity index (χ3n) is 1.58. The van der Waals surface area contributed by atoms with Gasteiger partial charge in [0.15, 0.2) is 0 Å². The molecule has 0 aromatic heterocycles. The minimum absolute atomic E-state index is 0.355. The minimum Gasteiger partial charge on any atom is -0.366 e. The highest BCUT2D eigenvalue weighted by atomic mass is 16.1. The van der Waals surface area contributed by atoms with E-state index < -0.39 is 0 Å². The van der Waals surface area contributed by atoms with E-state index in [1.54, 1.807) is 0 Å². The summed E-state index contributed by atoms with van der Waals surface area (Å²) < 4.78 is 0. The van der Waals surface area contributed by atoms with Crippen molar-refractivity contribution in [3.05, 3.63) is 12.2 Å². The summed E-state index contributed by atoms with van der Waals surface area (Å²) in [7, 11) is 0. The van der Waals surface area contributed by atoms with Crippen molar-refractivity contribution in [3.63, 3.8) is 0 Å². The predicted octanol–water partition coefficient (Wildman–Crippen LogP) is 1.46. The molecule has 0 aromatic rings. The van der Waals surface area contributed by atoms with Gasteiger partial charge in [0, 0.05) is 0 Å². The molecule has 0 unspecified atom stereocenters. The van der Waals surface area contributed by atoms with Crippen LogP contribution in [0.4, 0.5) is 0 Å². The van der Waals surface area contributed by atoms with Crippen molar-refractivity contribution in [1.29, 1.82) is 0 Å². The van der Waals surface area contributed by atoms with E-state index in [-0.39, 0.29) is 5.91 Å². The number of primary amides is 1. The lowest BCUT2D eigenvalue weighted by molar-refractivity contribution is -0.113. The van der Waals surface area contributed by atoms with Crippen molar-refractivity contribution in [1.82, 2.24) is 0 Å². The Labute approximate surface area is 62.1 Å². The summed E-state index contributed by atoms with van der Waals surface area (Å²) in [5.41, 5.74) is 4.92. The lowest BCUT2D eigenvalue weighted by Crippen LogP contribution is -2.06. The van der Waals surface area contributed by atoms with Crippen molar-refractivity contribution in [2.24, 2.45) is 11.7 Å². The van der Waals surface area contributed by atoms with Crippen LogP contribution in [0.2, 0.25) is 0 Å². The van der Waals surface area contributed by atoms with Crippen LogP contribution in [0.3, 0.4) is 0 Å². The van der Waals surface area contributed by atoms with Gasteiger partial charge in [0.1, 0.15) is 0 Å². The normalized spacial score (nSPS) is 11.1. The molecule has 2 N–H and O–H groups in total. The summed E-state index contributed by atoms with van der Waals surface area (Å²) in [5.74, 6) is 0.152. The van der Waals surface area contributed by atoms with Gasteiger partial charge < -0.3 is 5.73 Å². The Morgan fingerprint density at radius 3 is 2.30 bits per heavy atom. The molecule has 0 aliphatic carbocycles. The lowest BCUT2D eigenvalue weighted by atomic mass is 10.0. The number of nitrogens with two attached hydrogens (primary N) is 1. The molecule has 0 saturated heterocycles. The van der Waals surface area contributed by atoms with Crippen LogP contribution in [-0.4, -0.2) is 5.91 Å². The lowest BCUT2D eigenvalue weighted by Gasteiger charge is -2.03. The van der Waals surface area contributed by atoms with E-state index in [0.717, 1.165) is 12.8 Å². The molecule has 0 saturated carbocycles. The van der Waals surface area contributed by atoms with Gasteiger partial charge in [-0.1, -0.05) is 19.9 Å². The van der Waals surface area contributed by atoms with Gasteiger partial charge in [0.05, 0.1) is 0 Å². The molecule has 0 radical (unpaired) electrons. The number of hydrogen-bond donors (Lipinski definition) is 1. The van der Waals surface area contributed by atoms with Crippen LogP contribution in [0.25, 0.3) is 0 Å². The second kappa shape index (κ2) is 5.03. The Kier molecular flexibility index (Phi) is 4.63. The van der Waals surface area contributed by atoms with Gasteiger partial charge in [-0.25, -0.2) is 0 Å². The van der Waals surface area contributed by atoms with Crippen molar-refractivity contribution in [2.45, 2.75) is 26.7 Å². The predicted molar refractivity (Wildman–Crippen MR) is 42.4 cm³/mol. The van der Waals surface area contributed by atoms with Crippen molar-refractivity contribution in [3.8, 4) is 0 Å². The molecule has 0 bridgehead atoms. The van der Waals surface area contributed by atoms with Gasteiger partial charge in [-0.3, -0.25) is 4.79 Å². The Bertz CT molecular complexity index is 125. The maximum absolute atomic E-state index is 10.3. The van der Waals surface area contributed by atoms with Crippen molar-refractivity contribution in [2.75, 3.05) is 0 Å². The first kappa shape index (κ1) is 9.21. The van der Waals surface area contributed by atoms with Gasteiger partial charge in [0.2, 0.25) is 5.91 Å². The van der Waals surface area contributed by atoms with Crippen molar-refractivity contribution < 1.29 is 4.79 Å². The molecular weight excluding hydrogens is 126 g/mol. The first-order valence-corrected chi connectivity index (χ1v) is 3.68. The number of carbonyl (C=O) groups is 1. The smallest absolute Gasteiger partial charge is 0.241 e. The van der Waals surface area contributed by atoms with Crippen LogP contribution in [-0.2, 0) is 4.79 Å². The molecule has 0 spiro atoms. The van der Waals surface area contributed by atoms with Gasteiger partial charge in [-0.2, -0.15) is 0 Å². The summed E-state index contributed by atoms with van der Waals surface area (Å²) in [5, 5.41) is 0. The molecule has 0 aliphatic rings. The summed E-state index contributed by atoms with van der Waals surface area (Å²) in [6.45, 7) is 4.19. The number of carbonyl (C=O) groups excluding carboxylic acids is 1. The highest BCUT2D eigenvalue weighted by Crippen LogP contribution is 2.07. The Balaban J connectivity index is 3.72. The van der Waals surface area contributed by atoms with Gasteiger partial charge >= 0.3 is 0 Å². The standard InChI is InChI=1S/C8H15NO/c1-3-7(4-2)5-6-8(9)10/h5-7H,3-4H2,1-2H3,(H2,9,10)/b6-5-. The molecule has 0 rings (SSSR count). The highest BCUT2D eigenvalue weighted by Gasteiger charge is 1.96. The fourth-order valence-electron chi connectivity index (χ4n) is 0.792. The van der Waals surface area contributed by atoms with Crippen LogP contribution in [0, 0.1) is 5.92 Å². The molecule has 0 aromatic carbocycles. The SMILES string of the molecule is CCC(/C=C\C(N)=O)CC. The van der Waals surface area contributed by atoms with Gasteiger partial charge in [0.25, 0.3) is 0 Å². The zero-order chi connectivity index (χ0) is 7.98. The molecule has 0 atom stereocenters. The summed E-state index contributed by atoms with van der Waals surface area (Å²) >= 11 is 0. The first-order chi connectivity index (χ1) is 4.70. The van der Waals surface area contributed by atoms with E-state index >= 15 is 0 Å². The van der Waals surface area contributed by atoms with Crippen LogP contribution >= 0.6 is 0 Å². The highest BCUT2D eigenvalue weighted by molar-refractivity contribution is 5.85. The molecule has 0 aliphatic heterocycles. The Morgan fingerprint density at radius 1 is 1.50 bits per heavy atom. The zero-order valence-electron chi connectivity index (χ0n) is 6.63. The third-order valence-corrected chi connectivity index (χ3v) is 1.58. The maximum atomic E-state index is 10.3. The number of amides is 1. The molecule has 2 nitrogen and oxygen atoms in total. The molecular formula is C8H15NO. The third kappa shape index (κ3) is 4.13. The second-order valence-electron chi connectivity index (χ2n) is 2.34. The number of allylic oxidation sites excluding steroid dienone is 1. The largest absolute Gasteiger partial charge is 0.366 e.